The lowest BCUT2D eigenvalue weighted by molar-refractivity contribution is 0.171. The van der Waals surface area contributed by atoms with E-state index in [-0.39, 0.29) is 11.0 Å². The molecule has 3 atom stereocenters. The molecule has 1 aromatic heterocycles. The van der Waals surface area contributed by atoms with Crippen molar-refractivity contribution in [2.24, 2.45) is 23.0 Å². The van der Waals surface area contributed by atoms with Crippen LogP contribution in [0.2, 0.25) is 0 Å². The van der Waals surface area contributed by atoms with Gasteiger partial charge in [-0.1, -0.05) is 20.8 Å². The number of hydrogen-bond donors (Lipinski definition) is 2. The van der Waals surface area contributed by atoms with Crippen molar-refractivity contribution in [3.05, 3.63) is 22.2 Å². The predicted octanol–water partition coefficient (Wildman–Crippen LogP) is 2.02. The highest BCUT2D eigenvalue weighted by Crippen LogP contribution is 2.62. The smallest absolute Gasteiger partial charge is 0.291 e. The van der Waals surface area contributed by atoms with Gasteiger partial charge in [-0.3, -0.25) is 4.79 Å². The Hall–Kier alpha value is -1.36. The number of aromatic amines is 1. The maximum absolute atomic E-state index is 12.4. The summed E-state index contributed by atoms with van der Waals surface area (Å²) in [7, 11) is 0. The molecule has 2 aliphatic carbocycles. The second-order valence-corrected chi connectivity index (χ2v) is 8.94. The molecule has 1 aromatic rings. The summed E-state index contributed by atoms with van der Waals surface area (Å²) in [5, 5.41) is 0. The maximum atomic E-state index is 12.4. The molecule has 0 amide bonds. The average molecular weight is 316 g/mol. The molecule has 3 N–H and O–H groups in total. The van der Waals surface area contributed by atoms with E-state index in [1.54, 1.807) is 0 Å². The first-order chi connectivity index (χ1) is 10.8. The quantitative estimate of drug-likeness (QED) is 0.831. The van der Waals surface area contributed by atoms with Gasteiger partial charge in [0.05, 0.1) is 0 Å². The van der Waals surface area contributed by atoms with Crippen LogP contribution in [0.3, 0.4) is 0 Å². The molecule has 1 saturated heterocycles. The highest BCUT2D eigenvalue weighted by Gasteiger charge is 2.59. The summed E-state index contributed by atoms with van der Waals surface area (Å²) in [5.41, 5.74) is 7.58. The summed E-state index contributed by atoms with van der Waals surface area (Å²) >= 11 is 0. The van der Waals surface area contributed by atoms with E-state index in [9.17, 15) is 4.79 Å². The first-order valence-electron chi connectivity index (χ1n) is 8.90. The van der Waals surface area contributed by atoms with Gasteiger partial charge in [0.2, 0.25) is 0 Å². The molecule has 126 valence electrons. The third-order valence-corrected chi connectivity index (χ3v) is 6.45. The molecule has 4 rings (SSSR count). The normalized spacial score (nSPS) is 32.2. The van der Waals surface area contributed by atoms with Crippen LogP contribution in [-0.4, -0.2) is 29.1 Å². The Kier molecular flexibility index (Phi) is 3.18. The lowest BCUT2D eigenvalue weighted by Crippen LogP contribution is -2.49. The van der Waals surface area contributed by atoms with Gasteiger partial charge in [-0.15, -0.1) is 0 Å². The van der Waals surface area contributed by atoms with Gasteiger partial charge in [0.25, 0.3) is 5.56 Å². The van der Waals surface area contributed by atoms with E-state index in [0.717, 1.165) is 43.5 Å². The van der Waals surface area contributed by atoms with Gasteiger partial charge in [-0.2, -0.15) is 0 Å². The summed E-state index contributed by atoms with van der Waals surface area (Å²) in [4.78, 5) is 22.1. The number of rotatable bonds is 1. The molecule has 3 unspecified atom stereocenters. The zero-order valence-corrected chi connectivity index (χ0v) is 14.4. The SMILES string of the molecule is CC(C)(C)c1cnc(N2CCC3(CC2)CC2CC2C3N)c(=O)[nH]1. The molecule has 2 saturated carbocycles. The Morgan fingerprint density at radius 3 is 2.57 bits per heavy atom. The molecule has 1 aliphatic heterocycles. The minimum Gasteiger partial charge on any atom is -0.352 e. The molecule has 23 heavy (non-hydrogen) atoms. The largest absolute Gasteiger partial charge is 0.352 e. The molecule has 0 bridgehead atoms. The van der Waals surface area contributed by atoms with Crippen LogP contribution in [0, 0.1) is 17.3 Å². The fourth-order valence-corrected chi connectivity index (χ4v) is 4.76. The number of anilines is 1. The number of nitrogens with zero attached hydrogens (tertiary/aromatic N) is 2. The standard InChI is InChI=1S/C18H28N4O/c1-17(2,3)13-10-20-15(16(23)21-13)22-6-4-18(5-7-22)9-11-8-12(11)14(18)19/h10-12,14H,4-9,19H2,1-3H3,(H,21,23). The minimum absolute atomic E-state index is 0.0630. The van der Waals surface area contributed by atoms with Crippen LogP contribution < -0.4 is 16.2 Å². The number of aromatic nitrogens is 2. The Morgan fingerprint density at radius 1 is 1.35 bits per heavy atom. The summed E-state index contributed by atoms with van der Waals surface area (Å²) in [5.74, 6) is 2.25. The van der Waals surface area contributed by atoms with Gasteiger partial charge < -0.3 is 15.6 Å². The second kappa shape index (κ2) is 4.82. The molecule has 2 heterocycles. The van der Waals surface area contributed by atoms with Crippen molar-refractivity contribution in [1.29, 1.82) is 0 Å². The van der Waals surface area contributed by atoms with Crippen LogP contribution >= 0.6 is 0 Å². The summed E-state index contributed by atoms with van der Waals surface area (Å²) < 4.78 is 0. The first kappa shape index (κ1) is 15.2. The molecular formula is C18H28N4O. The Labute approximate surface area is 137 Å². The van der Waals surface area contributed by atoms with Gasteiger partial charge in [-0.05, 0) is 42.9 Å². The number of nitrogens with one attached hydrogen (secondary N) is 1. The molecule has 0 aromatic carbocycles. The van der Waals surface area contributed by atoms with Gasteiger partial charge >= 0.3 is 0 Å². The van der Waals surface area contributed by atoms with Gasteiger partial charge in [0, 0.05) is 36.4 Å². The third kappa shape index (κ3) is 2.40. The predicted molar refractivity (Wildman–Crippen MR) is 91.6 cm³/mol. The number of nitrogens with two attached hydrogens (primary N) is 1. The van der Waals surface area contributed by atoms with Crippen LogP contribution in [0.15, 0.2) is 11.0 Å². The van der Waals surface area contributed by atoms with Crippen molar-refractivity contribution >= 4 is 5.82 Å². The Bertz CT molecular complexity index is 666. The average Bonchev–Trinajstić information content (AvgIpc) is 3.20. The maximum Gasteiger partial charge on any atom is 0.291 e. The van der Waals surface area contributed by atoms with E-state index in [4.69, 9.17) is 5.73 Å². The topological polar surface area (TPSA) is 75.0 Å². The van der Waals surface area contributed by atoms with E-state index in [2.05, 4.69) is 35.6 Å². The van der Waals surface area contributed by atoms with Crippen LogP contribution in [0.4, 0.5) is 5.82 Å². The minimum atomic E-state index is -0.0890. The molecule has 1 spiro atoms. The Morgan fingerprint density at radius 2 is 2.04 bits per heavy atom. The fraction of sp³-hybridized carbons (Fsp3) is 0.778. The van der Waals surface area contributed by atoms with E-state index in [1.165, 1.54) is 12.8 Å². The number of hydrogen-bond acceptors (Lipinski definition) is 4. The summed E-state index contributed by atoms with van der Waals surface area (Å²) in [6.45, 7) is 8.04. The molecule has 5 heteroatoms. The molecule has 3 aliphatic rings. The number of piperidine rings is 1. The second-order valence-electron chi connectivity index (χ2n) is 8.94. The van der Waals surface area contributed by atoms with Crippen LogP contribution in [0.5, 0.6) is 0 Å². The number of fused-ring (bicyclic) bond motifs is 1. The zero-order valence-electron chi connectivity index (χ0n) is 14.4. The number of H-pyrrole nitrogens is 1. The highest BCUT2D eigenvalue weighted by molar-refractivity contribution is 5.38. The van der Waals surface area contributed by atoms with Gasteiger partial charge in [0.15, 0.2) is 5.82 Å². The molecule has 0 radical (unpaired) electrons. The van der Waals surface area contributed by atoms with Crippen molar-refractivity contribution in [1.82, 2.24) is 9.97 Å². The van der Waals surface area contributed by atoms with Crippen molar-refractivity contribution in [3.63, 3.8) is 0 Å². The highest BCUT2D eigenvalue weighted by atomic mass is 16.1. The summed E-state index contributed by atoms with van der Waals surface area (Å²) in [6.07, 6.45) is 6.67. The molecule has 5 nitrogen and oxygen atoms in total. The van der Waals surface area contributed by atoms with Crippen LogP contribution in [0.25, 0.3) is 0 Å². The third-order valence-electron chi connectivity index (χ3n) is 6.45. The molecular weight excluding hydrogens is 288 g/mol. The van der Waals surface area contributed by atoms with E-state index in [0.29, 0.717) is 17.3 Å². The monoisotopic (exact) mass is 316 g/mol. The lowest BCUT2D eigenvalue weighted by Gasteiger charge is -2.43. The van der Waals surface area contributed by atoms with Crippen LogP contribution in [0.1, 0.15) is 52.1 Å². The lowest BCUT2D eigenvalue weighted by atomic mass is 9.72. The van der Waals surface area contributed by atoms with Gasteiger partial charge in [-0.25, -0.2) is 4.98 Å². The van der Waals surface area contributed by atoms with E-state index in [1.807, 2.05) is 6.20 Å². The molecule has 3 fully saturated rings. The van der Waals surface area contributed by atoms with Gasteiger partial charge in [0.1, 0.15) is 0 Å². The fourth-order valence-electron chi connectivity index (χ4n) is 4.76. The zero-order chi connectivity index (χ0) is 16.4. The van der Waals surface area contributed by atoms with Crippen LogP contribution in [-0.2, 0) is 5.41 Å². The van der Waals surface area contributed by atoms with Crippen molar-refractivity contribution in [2.75, 3.05) is 18.0 Å². The Balaban J connectivity index is 1.50. The summed E-state index contributed by atoms with van der Waals surface area (Å²) in [6, 6.07) is 0.379. The first-order valence-corrected chi connectivity index (χ1v) is 8.90. The van der Waals surface area contributed by atoms with Crippen molar-refractivity contribution in [3.8, 4) is 0 Å². The van der Waals surface area contributed by atoms with Crippen molar-refractivity contribution in [2.45, 2.75) is 57.9 Å². The van der Waals surface area contributed by atoms with E-state index >= 15 is 0 Å². The van der Waals surface area contributed by atoms with E-state index < -0.39 is 0 Å². The van der Waals surface area contributed by atoms with Crippen molar-refractivity contribution < 1.29 is 0 Å².